The van der Waals surface area contributed by atoms with Gasteiger partial charge in [0.1, 0.15) is 0 Å². The van der Waals surface area contributed by atoms with Crippen molar-refractivity contribution in [2.45, 2.75) is 56.7 Å². The lowest BCUT2D eigenvalue weighted by Crippen LogP contribution is -2.65. The lowest BCUT2D eigenvalue weighted by Gasteiger charge is -2.57. The monoisotopic (exact) mass is 264 g/mol. The third kappa shape index (κ3) is 1.91. The molecule has 4 heterocycles. The molecule has 5 atom stereocenters. The van der Waals surface area contributed by atoms with E-state index in [0.717, 1.165) is 45.3 Å². The summed E-state index contributed by atoms with van der Waals surface area (Å²) in [5, 5.41) is 9.92. The zero-order chi connectivity index (χ0) is 13.0. The van der Waals surface area contributed by atoms with Crippen LogP contribution < -0.4 is 0 Å². The van der Waals surface area contributed by atoms with Gasteiger partial charge in [0.15, 0.2) is 0 Å². The van der Waals surface area contributed by atoms with E-state index >= 15 is 0 Å². The molecule has 0 aliphatic carbocycles. The number of carbonyl (C=O) groups excluding carboxylic acids is 1. The summed E-state index contributed by atoms with van der Waals surface area (Å²) in [6, 6.07) is 1.04. The average Bonchev–Trinajstić information content (AvgIpc) is 2.41. The van der Waals surface area contributed by atoms with Crippen LogP contribution in [0.5, 0.6) is 0 Å². The molecule has 4 heteroatoms. The van der Waals surface area contributed by atoms with Crippen LogP contribution in [0.4, 0.5) is 0 Å². The van der Waals surface area contributed by atoms with Crippen LogP contribution in [0.1, 0.15) is 38.5 Å². The van der Waals surface area contributed by atoms with Crippen LogP contribution >= 0.6 is 0 Å². The Balaban J connectivity index is 1.58. The fraction of sp³-hybridized carbons (Fsp3) is 0.933. The van der Waals surface area contributed by atoms with Crippen LogP contribution in [0.3, 0.4) is 0 Å². The van der Waals surface area contributed by atoms with Gasteiger partial charge in [0.2, 0.25) is 5.91 Å². The smallest absolute Gasteiger partial charge is 0.222 e. The van der Waals surface area contributed by atoms with Crippen molar-refractivity contribution >= 4 is 5.91 Å². The van der Waals surface area contributed by atoms with Gasteiger partial charge in [0.25, 0.3) is 0 Å². The standard InChI is InChI=1S/C15H24N2O2/c18-12-4-5-16-8-10-6-11(14(16)7-12)9-17-13(10)2-1-3-15(17)19/h10-14,18H,1-9H2/t10-,11+,12-,13-,14+/m1/s1. The molecule has 106 valence electrons. The molecule has 0 aromatic rings. The van der Waals surface area contributed by atoms with Crippen molar-refractivity contribution in [2.24, 2.45) is 11.8 Å². The van der Waals surface area contributed by atoms with Crippen molar-refractivity contribution in [3.63, 3.8) is 0 Å². The van der Waals surface area contributed by atoms with Crippen LogP contribution in [-0.2, 0) is 4.79 Å². The van der Waals surface area contributed by atoms with Crippen LogP contribution in [0.15, 0.2) is 0 Å². The summed E-state index contributed by atoms with van der Waals surface area (Å²) in [5.74, 6) is 1.68. The molecular weight excluding hydrogens is 240 g/mol. The number of fused-ring (bicyclic) bond motifs is 6. The fourth-order valence-electron chi connectivity index (χ4n) is 5.07. The lowest BCUT2D eigenvalue weighted by atomic mass is 9.70. The fourth-order valence-corrected chi connectivity index (χ4v) is 5.07. The minimum atomic E-state index is -0.118. The highest BCUT2D eigenvalue weighted by Crippen LogP contribution is 2.42. The number of hydrogen-bond acceptors (Lipinski definition) is 3. The second kappa shape index (κ2) is 4.45. The van der Waals surface area contributed by atoms with Gasteiger partial charge in [-0.3, -0.25) is 9.69 Å². The summed E-state index contributed by atoms with van der Waals surface area (Å²) in [6.45, 7) is 3.16. The SMILES string of the molecule is O=C1CCC[C@@H]2[C@@H]3C[C@@H](CN12)[C@@H]1C[C@H](O)CCN1C3. The highest BCUT2D eigenvalue weighted by Gasteiger charge is 2.48. The number of carbonyl (C=O) groups is 1. The predicted molar refractivity (Wildman–Crippen MR) is 71.6 cm³/mol. The van der Waals surface area contributed by atoms with Crippen molar-refractivity contribution in [1.29, 1.82) is 0 Å². The first kappa shape index (κ1) is 12.2. The van der Waals surface area contributed by atoms with E-state index in [1.807, 2.05) is 0 Å². The molecule has 0 aromatic heterocycles. The van der Waals surface area contributed by atoms with Crippen LogP contribution in [0.2, 0.25) is 0 Å². The van der Waals surface area contributed by atoms with E-state index in [0.29, 0.717) is 29.8 Å². The second-order valence-electron chi connectivity index (χ2n) is 7.00. The van der Waals surface area contributed by atoms with Crippen LogP contribution in [0, 0.1) is 11.8 Å². The highest BCUT2D eigenvalue weighted by atomic mass is 16.3. The average molecular weight is 264 g/mol. The number of nitrogens with zero attached hydrogens (tertiary/aromatic N) is 2. The maximum absolute atomic E-state index is 12.1. The first-order valence-electron chi connectivity index (χ1n) is 7.94. The topological polar surface area (TPSA) is 43.8 Å². The molecule has 0 radical (unpaired) electrons. The Morgan fingerprint density at radius 1 is 1.05 bits per heavy atom. The summed E-state index contributed by atoms with van der Waals surface area (Å²) >= 11 is 0. The van der Waals surface area contributed by atoms with Crippen molar-refractivity contribution in [3.05, 3.63) is 0 Å². The molecular formula is C15H24N2O2. The minimum Gasteiger partial charge on any atom is -0.393 e. The number of aliphatic hydroxyl groups excluding tert-OH is 1. The normalized spacial score (nSPS) is 46.7. The Kier molecular flexibility index (Phi) is 2.85. The van der Waals surface area contributed by atoms with Gasteiger partial charge < -0.3 is 10.0 Å². The minimum absolute atomic E-state index is 0.118. The van der Waals surface area contributed by atoms with Crippen molar-refractivity contribution in [3.8, 4) is 0 Å². The van der Waals surface area contributed by atoms with Gasteiger partial charge in [-0.15, -0.1) is 0 Å². The molecule has 0 aromatic carbocycles. The summed E-state index contributed by atoms with van der Waals surface area (Å²) < 4.78 is 0. The van der Waals surface area contributed by atoms with E-state index in [4.69, 9.17) is 0 Å². The summed E-state index contributed by atoms with van der Waals surface area (Å²) in [7, 11) is 0. The van der Waals surface area contributed by atoms with Crippen molar-refractivity contribution in [2.75, 3.05) is 19.6 Å². The maximum atomic E-state index is 12.1. The maximum Gasteiger partial charge on any atom is 0.222 e. The molecule has 4 aliphatic rings. The zero-order valence-electron chi connectivity index (χ0n) is 11.5. The number of piperidine rings is 4. The van der Waals surface area contributed by atoms with Crippen LogP contribution in [-0.4, -0.2) is 58.6 Å². The van der Waals surface area contributed by atoms with Crippen molar-refractivity contribution in [1.82, 2.24) is 9.80 Å². The first-order chi connectivity index (χ1) is 9.22. The number of hydrogen-bond donors (Lipinski definition) is 1. The van der Waals surface area contributed by atoms with E-state index < -0.39 is 0 Å². The van der Waals surface area contributed by atoms with Crippen molar-refractivity contribution < 1.29 is 9.90 Å². The van der Waals surface area contributed by atoms with Gasteiger partial charge >= 0.3 is 0 Å². The molecule has 0 unspecified atom stereocenters. The number of rotatable bonds is 0. The largest absolute Gasteiger partial charge is 0.393 e. The number of aliphatic hydroxyl groups is 1. The van der Waals surface area contributed by atoms with E-state index in [9.17, 15) is 9.90 Å². The summed E-state index contributed by atoms with van der Waals surface area (Å²) in [4.78, 5) is 17.0. The molecule has 19 heavy (non-hydrogen) atoms. The van der Waals surface area contributed by atoms with Gasteiger partial charge in [0.05, 0.1) is 6.10 Å². The molecule has 1 amide bonds. The van der Waals surface area contributed by atoms with E-state index in [-0.39, 0.29) is 6.10 Å². The lowest BCUT2D eigenvalue weighted by molar-refractivity contribution is -0.150. The predicted octanol–water partition coefficient (Wildman–Crippen LogP) is 0.843. The van der Waals surface area contributed by atoms with Gasteiger partial charge in [-0.25, -0.2) is 0 Å². The molecule has 1 N–H and O–H groups in total. The quantitative estimate of drug-likeness (QED) is 0.705. The van der Waals surface area contributed by atoms with E-state index in [1.165, 1.54) is 12.8 Å². The molecule has 0 saturated carbocycles. The molecule has 4 aliphatic heterocycles. The molecule has 4 nitrogen and oxygen atoms in total. The molecule has 2 bridgehead atoms. The van der Waals surface area contributed by atoms with E-state index in [1.54, 1.807) is 0 Å². The highest BCUT2D eigenvalue weighted by molar-refractivity contribution is 5.77. The number of amides is 1. The molecule has 4 saturated heterocycles. The van der Waals surface area contributed by atoms with Gasteiger partial charge in [-0.05, 0) is 43.9 Å². The Morgan fingerprint density at radius 3 is 2.79 bits per heavy atom. The Labute approximate surface area is 114 Å². The van der Waals surface area contributed by atoms with Crippen LogP contribution in [0.25, 0.3) is 0 Å². The molecule has 0 spiro atoms. The second-order valence-corrected chi connectivity index (χ2v) is 7.00. The zero-order valence-corrected chi connectivity index (χ0v) is 11.5. The third-order valence-electron chi connectivity index (χ3n) is 5.94. The summed E-state index contributed by atoms with van der Waals surface area (Å²) in [5.41, 5.74) is 0. The summed E-state index contributed by atoms with van der Waals surface area (Å²) in [6.07, 6.45) is 6.07. The van der Waals surface area contributed by atoms with Gasteiger partial charge in [0, 0.05) is 38.1 Å². The van der Waals surface area contributed by atoms with Gasteiger partial charge in [-0.2, -0.15) is 0 Å². The first-order valence-corrected chi connectivity index (χ1v) is 7.94. The third-order valence-corrected chi connectivity index (χ3v) is 5.94. The van der Waals surface area contributed by atoms with Gasteiger partial charge in [-0.1, -0.05) is 0 Å². The molecule has 4 fully saturated rings. The molecule has 4 rings (SSSR count). The Hall–Kier alpha value is -0.610. The Morgan fingerprint density at radius 2 is 1.89 bits per heavy atom. The Bertz CT molecular complexity index is 386. The van der Waals surface area contributed by atoms with E-state index in [2.05, 4.69) is 9.80 Å².